The van der Waals surface area contributed by atoms with Crippen LogP contribution in [0.2, 0.25) is 0 Å². The van der Waals surface area contributed by atoms with Crippen LogP contribution in [0.1, 0.15) is 36.5 Å². The van der Waals surface area contributed by atoms with E-state index in [0.717, 1.165) is 19.3 Å². The van der Waals surface area contributed by atoms with Gasteiger partial charge in [-0.15, -0.1) is 0 Å². The Kier molecular flexibility index (Phi) is 6.92. The second-order valence-electron chi connectivity index (χ2n) is 8.94. The summed E-state index contributed by atoms with van der Waals surface area (Å²) >= 11 is 0. The molecule has 1 fully saturated rings. The van der Waals surface area contributed by atoms with Crippen LogP contribution in [0.5, 0.6) is 0 Å². The van der Waals surface area contributed by atoms with Crippen LogP contribution in [-0.2, 0) is 16.6 Å². The average molecular weight is 487 g/mol. The Morgan fingerprint density at radius 2 is 1.88 bits per heavy atom. The predicted molar refractivity (Wildman–Crippen MR) is 131 cm³/mol. The van der Waals surface area contributed by atoms with Gasteiger partial charge in [-0.25, -0.2) is 13.2 Å². The molecule has 0 spiro atoms. The molecule has 1 aliphatic rings. The monoisotopic (exact) mass is 486 g/mol. The number of fused-ring (bicyclic) bond motifs is 1. The van der Waals surface area contributed by atoms with Crippen molar-refractivity contribution in [1.82, 2.24) is 13.8 Å². The molecule has 0 aliphatic carbocycles. The number of amides is 1. The van der Waals surface area contributed by atoms with Gasteiger partial charge in [-0.2, -0.15) is 4.31 Å². The lowest BCUT2D eigenvalue weighted by molar-refractivity contribution is 0.102. The Balaban J connectivity index is 1.51. The fourth-order valence-electron chi connectivity index (χ4n) is 4.20. The summed E-state index contributed by atoms with van der Waals surface area (Å²) in [4.78, 5) is 27.1. The molecule has 2 aromatic carbocycles. The maximum Gasteiger partial charge on any atom is 0.419 e. The minimum atomic E-state index is -3.60. The first kappa shape index (κ1) is 24.2. The summed E-state index contributed by atoms with van der Waals surface area (Å²) in [7, 11) is 0.243. The van der Waals surface area contributed by atoms with Gasteiger partial charge >= 0.3 is 5.76 Å². The Bertz CT molecular complexity index is 1340. The highest BCUT2D eigenvalue weighted by Crippen LogP contribution is 2.25. The molecular formula is C24H30N4O5S. The number of hydrogen-bond acceptors (Lipinski definition) is 6. The summed E-state index contributed by atoms with van der Waals surface area (Å²) in [6, 6.07) is 11.0. The van der Waals surface area contributed by atoms with Gasteiger partial charge in [-0.05, 0) is 76.3 Å². The third kappa shape index (κ3) is 4.94. The maximum atomic E-state index is 13.0. The van der Waals surface area contributed by atoms with Gasteiger partial charge in [-0.1, -0.05) is 6.42 Å². The first-order valence-electron chi connectivity index (χ1n) is 11.4. The lowest BCUT2D eigenvalue weighted by Crippen LogP contribution is -2.41. The summed E-state index contributed by atoms with van der Waals surface area (Å²) in [6.45, 7) is 3.57. The van der Waals surface area contributed by atoms with Crippen LogP contribution in [0.3, 0.4) is 0 Å². The van der Waals surface area contributed by atoms with E-state index < -0.39 is 15.8 Å². The number of rotatable bonds is 7. The maximum absolute atomic E-state index is 13.0. The van der Waals surface area contributed by atoms with Gasteiger partial charge in [0.2, 0.25) is 10.0 Å². The molecule has 34 heavy (non-hydrogen) atoms. The highest BCUT2D eigenvalue weighted by Gasteiger charge is 2.30. The van der Waals surface area contributed by atoms with Crippen molar-refractivity contribution in [2.75, 3.05) is 32.5 Å². The van der Waals surface area contributed by atoms with E-state index in [1.54, 1.807) is 22.5 Å². The molecule has 1 unspecified atom stereocenters. The topological polar surface area (TPSA) is 105 Å². The van der Waals surface area contributed by atoms with Crippen molar-refractivity contribution in [1.29, 1.82) is 0 Å². The van der Waals surface area contributed by atoms with Gasteiger partial charge in [0, 0.05) is 36.9 Å². The molecule has 1 aliphatic heterocycles. The Labute approximate surface area is 199 Å². The highest BCUT2D eigenvalue weighted by atomic mass is 32.2. The lowest BCUT2D eigenvalue weighted by Gasteiger charge is -2.32. The largest absolute Gasteiger partial charge is 0.419 e. The number of carbonyl (C=O) groups excluding carboxylic acids is 1. The second kappa shape index (κ2) is 9.73. The molecule has 1 saturated heterocycles. The molecule has 0 bridgehead atoms. The smallest absolute Gasteiger partial charge is 0.408 e. The summed E-state index contributed by atoms with van der Waals surface area (Å²) in [5.74, 6) is -0.819. The van der Waals surface area contributed by atoms with Crippen molar-refractivity contribution < 1.29 is 17.6 Å². The van der Waals surface area contributed by atoms with E-state index in [1.807, 2.05) is 25.9 Å². The number of carbonyl (C=O) groups is 1. The van der Waals surface area contributed by atoms with Crippen LogP contribution < -0.4 is 11.1 Å². The molecule has 0 radical (unpaired) electrons. The Morgan fingerprint density at radius 3 is 2.56 bits per heavy atom. The van der Waals surface area contributed by atoms with Crippen LogP contribution in [0.4, 0.5) is 5.69 Å². The van der Waals surface area contributed by atoms with Crippen molar-refractivity contribution in [2.24, 2.45) is 0 Å². The van der Waals surface area contributed by atoms with E-state index in [1.165, 1.54) is 28.8 Å². The van der Waals surface area contributed by atoms with Crippen LogP contribution in [0.25, 0.3) is 11.1 Å². The average Bonchev–Trinajstić information content (AvgIpc) is 3.12. The van der Waals surface area contributed by atoms with E-state index in [9.17, 15) is 18.0 Å². The predicted octanol–water partition coefficient (Wildman–Crippen LogP) is 2.97. The zero-order valence-corrected chi connectivity index (χ0v) is 20.5. The molecule has 1 aromatic heterocycles. The van der Waals surface area contributed by atoms with E-state index in [0.29, 0.717) is 42.0 Å². The summed E-state index contributed by atoms with van der Waals surface area (Å²) in [6.07, 6.45) is 2.74. The number of anilines is 1. The second-order valence-corrected chi connectivity index (χ2v) is 10.8. The highest BCUT2D eigenvalue weighted by molar-refractivity contribution is 7.89. The zero-order valence-electron chi connectivity index (χ0n) is 19.7. The van der Waals surface area contributed by atoms with Crippen molar-refractivity contribution in [3.8, 4) is 0 Å². The first-order valence-corrected chi connectivity index (χ1v) is 12.8. The van der Waals surface area contributed by atoms with Crippen molar-refractivity contribution in [3.63, 3.8) is 0 Å². The summed E-state index contributed by atoms with van der Waals surface area (Å²) in [5.41, 5.74) is 1.89. The molecule has 9 nitrogen and oxygen atoms in total. The zero-order chi connectivity index (χ0) is 24.5. The Morgan fingerprint density at radius 1 is 1.15 bits per heavy atom. The molecule has 182 valence electrons. The number of piperidine rings is 1. The van der Waals surface area contributed by atoms with Crippen LogP contribution >= 0.6 is 0 Å². The third-order valence-corrected chi connectivity index (χ3v) is 8.19. The van der Waals surface area contributed by atoms with Crippen LogP contribution in [0.15, 0.2) is 56.6 Å². The third-order valence-electron chi connectivity index (χ3n) is 6.16. The molecule has 2 heterocycles. The van der Waals surface area contributed by atoms with E-state index in [-0.39, 0.29) is 16.8 Å². The standard InChI is InChI=1S/C24H30N4O5S/c1-17-6-4-5-13-28(17)34(31,32)20-10-7-18(8-11-20)23(29)25-19-9-12-22-21(16-19)27(24(30)33-22)15-14-26(2)3/h7-12,16-17H,4-6,13-15H2,1-3H3,(H,25,29). The minimum absolute atomic E-state index is 0.0327. The number of hydrogen-bond donors (Lipinski definition) is 1. The summed E-state index contributed by atoms with van der Waals surface area (Å²) in [5, 5.41) is 2.81. The molecule has 1 atom stereocenters. The number of nitrogens with one attached hydrogen (secondary N) is 1. The number of sulfonamides is 1. The number of nitrogens with zero attached hydrogens (tertiary/aromatic N) is 3. The molecule has 1 amide bonds. The van der Waals surface area contributed by atoms with Crippen molar-refractivity contribution in [2.45, 2.75) is 43.7 Å². The van der Waals surface area contributed by atoms with Crippen LogP contribution in [0, 0.1) is 0 Å². The molecule has 10 heteroatoms. The van der Waals surface area contributed by atoms with Gasteiger partial charge in [-0.3, -0.25) is 9.36 Å². The number of benzene rings is 2. The molecular weight excluding hydrogens is 456 g/mol. The Hall–Kier alpha value is -2.95. The molecule has 4 rings (SSSR count). The summed E-state index contributed by atoms with van der Waals surface area (Å²) < 4.78 is 34.4. The first-order chi connectivity index (χ1) is 16.2. The quantitative estimate of drug-likeness (QED) is 0.551. The van der Waals surface area contributed by atoms with Crippen molar-refractivity contribution >= 4 is 32.7 Å². The molecule has 1 N–H and O–H groups in total. The fraction of sp³-hybridized carbons (Fsp3) is 0.417. The molecule has 3 aromatic rings. The van der Waals surface area contributed by atoms with Gasteiger partial charge in [0.1, 0.15) is 0 Å². The number of likely N-dealkylation sites (N-methyl/N-ethyl adjacent to an activating group) is 1. The number of aromatic nitrogens is 1. The van der Waals surface area contributed by atoms with E-state index >= 15 is 0 Å². The minimum Gasteiger partial charge on any atom is -0.408 e. The fourth-order valence-corrected chi connectivity index (χ4v) is 5.90. The van der Waals surface area contributed by atoms with E-state index in [2.05, 4.69) is 5.32 Å². The lowest BCUT2D eigenvalue weighted by atomic mass is 10.1. The van der Waals surface area contributed by atoms with E-state index in [4.69, 9.17) is 4.42 Å². The molecule has 0 saturated carbocycles. The van der Waals surface area contributed by atoms with Crippen molar-refractivity contribution in [3.05, 3.63) is 58.6 Å². The SMILES string of the molecule is CC1CCCCN1S(=O)(=O)c1ccc(C(=O)Nc2ccc3oc(=O)n(CCN(C)C)c3c2)cc1. The van der Waals surface area contributed by atoms with Gasteiger partial charge in [0.15, 0.2) is 5.58 Å². The van der Waals surface area contributed by atoms with Gasteiger partial charge in [0.25, 0.3) is 5.91 Å². The normalized spacial score (nSPS) is 17.4. The number of oxazole rings is 1. The van der Waals surface area contributed by atoms with Crippen LogP contribution in [-0.4, -0.2) is 61.3 Å². The van der Waals surface area contributed by atoms with Gasteiger partial charge in [0.05, 0.1) is 10.4 Å². The van der Waals surface area contributed by atoms with Gasteiger partial charge < -0.3 is 14.6 Å².